The van der Waals surface area contributed by atoms with Gasteiger partial charge >= 0.3 is 12.1 Å². The van der Waals surface area contributed by atoms with Crippen LogP contribution in [0, 0.1) is 6.92 Å². The summed E-state index contributed by atoms with van der Waals surface area (Å²) in [6.07, 6.45) is -2.94. The number of fused-ring (bicyclic) bond motifs is 1. The van der Waals surface area contributed by atoms with E-state index in [0.717, 1.165) is 4.96 Å². The van der Waals surface area contributed by atoms with Gasteiger partial charge in [-0.1, -0.05) is 17.3 Å². The zero-order chi connectivity index (χ0) is 25.4. The number of hydrogen-bond acceptors (Lipinski definition) is 8. The van der Waals surface area contributed by atoms with Gasteiger partial charge < -0.3 is 19.5 Å². The molecule has 1 aromatic carbocycles. The molecule has 0 saturated carbocycles. The topological polar surface area (TPSA) is 115 Å². The summed E-state index contributed by atoms with van der Waals surface area (Å²) in [5.41, 5.74) is 1.65. The number of halogens is 3. The van der Waals surface area contributed by atoms with E-state index < -0.39 is 24.0 Å². The number of carbonyl (C=O) groups excluding carboxylic acids is 2. The Kier molecular flexibility index (Phi) is 6.22. The summed E-state index contributed by atoms with van der Waals surface area (Å²) in [7, 11) is 0. The zero-order valence-electron chi connectivity index (χ0n) is 18.8. The summed E-state index contributed by atoms with van der Waals surface area (Å²) in [5.74, 6) is -2.29. The van der Waals surface area contributed by atoms with Crippen molar-refractivity contribution in [1.82, 2.24) is 29.7 Å². The van der Waals surface area contributed by atoms with Crippen LogP contribution in [0.2, 0.25) is 0 Å². The fraction of sp³-hybridized carbons (Fsp3) is 0.318. The van der Waals surface area contributed by atoms with Crippen molar-refractivity contribution in [3.05, 3.63) is 58.7 Å². The van der Waals surface area contributed by atoms with Gasteiger partial charge in [0.25, 0.3) is 11.8 Å². The van der Waals surface area contributed by atoms with Gasteiger partial charge in [0.1, 0.15) is 5.69 Å². The molecule has 5 rings (SSSR count). The Morgan fingerprint density at radius 3 is 2.72 bits per heavy atom. The van der Waals surface area contributed by atoms with Crippen molar-refractivity contribution >= 4 is 28.1 Å². The molecular weight excluding hydrogens is 501 g/mol. The van der Waals surface area contributed by atoms with E-state index in [1.807, 2.05) is 5.38 Å². The molecule has 4 heterocycles. The maximum absolute atomic E-state index is 13.4. The van der Waals surface area contributed by atoms with Crippen molar-refractivity contribution < 1.29 is 32.0 Å². The number of hydrogen-bond donors (Lipinski definition) is 1. The predicted octanol–water partition coefficient (Wildman–Crippen LogP) is 3.04. The number of benzene rings is 1. The third-order valence-corrected chi connectivity index (χ3v) is 6.46. The molecule has 1 aliphatic rings. The number of aromatic nitrogens is 4. The SMILES string of the molecule is Cc1nc2sccn2c1C(=O)N1CCOC[C@@H]1CNC(=O)c1ccc(-c2noc(C(F)(F)F)n2)cc1. The highest BCUT2D eigenvalue weighted by atomic mass is 32.1. The Hall–Kier alpha value is -3.78. The normalized spacial score (nSPS) is 16.4. The molecular formula is C22H19F3N6O4S. The second kappa shape index (κ2) is 9.35. The van der Waals surface area contributed by atoms with Gasteiger partial charge in [-0.3, -0.25) is 14.0 Å². The molecule has 1 fully saturated rings. The van der Waals surface area contributed by atoms with E-state index in [-0.39, 0.29) is 36.0 Å². The largest absolute Gasteiger partial charge is 0.471 e. The van der Waals surface area contributed by atoms with Gasteiger partial charge in [-0.2, -0.15) is 18.2 Å². The van der Waals surface area contributed by atoms with E-state index in [4.69, 9.17) is 4.74 Å². The summed E-state index contributed by atoms with van der Waals surface area (Å²) < 4.78 is 49.5. The van der Waals surface area contributed by atoms with Crippen LogP contribution in [0.15, 0.2) is 40.4 Å². The van der Waals surface area contributed by atoms with Gasteiger partial charge in [0.15, 0.2) is 4.96 Å². The highest BCUT2D eigenvalue weighted by molar-refractivity contribution is 7.15. The van der Waals surface area contributed by atoms with Crippen LogP contribution in [0.25, 0.3) is 16.3 Å². The summed E-state index contributed by atoms with van der Waals surface area (Å²) in [6, 6.07) is 5.34. The molecule has 1 aliphatic heterocycles. The Morgan fingerprint density at radius 1 is 1.22 bits per heavy atom. The lowest BCUT2D eigenvalue weighted by Crippen LogP contribution is -2.53. The molecule has 36 heavy (non-hydrogen) atoms. The molecule has 2 amide bonds. The lowest BCUT2D eigenvalue weighted by atomic mass is 10.1. The summed E-state index contributed by atoms with van der Waals surface area (Å²) in [5, 5.41) is 7.98. The highest BCUT2D eigenvalue weighted by Crippen LogP contribution is 2.29. The number of amides is 2. The first-order valence-electron chi connectivity index (χ1n) is 10.8. The van der Waals surface area contributed by atoms with Crippen LogP contribution in [0.3, 0.4) is 0 Å². The first-order valence-corrected chi connectivity index (χ1v) is 11.7. The number of carbonyl (C=O) groups is 2. The molecule has 4 aromatic rings. The number of nitrogens with zero attached hydrogens (tertiary/aromatic N) is 5. The molecule has 0 spiro atoms. The number of thiazole rings is 1. The minimum atomic E-state index is -4.74. The van der Waals surface area contributed by atoms with Crippen molar-refractivity contribution in [3.63, 3.8) is 0 Å². The molecule has 0 unspecified atom stereocenters. The van der Waals surface area contributed by atoms with E-state index in [1.165, 1.54) is 35.6 Å². The third kappa shape index (κ3) is 4.56. The fourth-order valence-electron chi connectivity index (χ4n) is 3.92. The fourth-order valence-corrected chi connectivity index (χ4v) is 4.68. The van der Waals surface area contributed by atoms with Crippen LogP contribution in [-0.4, -0.2) is 68.6 Å². The van der Waals surface area contributed by atoms with E-state index in [0.29, 0.717) is 24.5 Å². The van der Waals surface area contributed by atoms with E-state index in [9.17, 15) is 22.8 Å². The van der Waals surface area contributed by atoms with E-state index >= 15 is 0 Å². The summed E-state index contributed by atoms with van der Waals surface area (Å²) in [4.78, 5) is 36.2. The molecule has 1 atom stereocenters. The van der Waals surface area contributed by atoms with Crippen molar-refractivity contribution in [1.29, 1.82) is 0 Å². The predicted molar refractivity (Wildman–Crippen MR) is 121 cm³/mol. The Balaban J connectivity index is 1.25. The number of rotatable bonds is 5. The number of ether oxygens (including phenoxy) is 1. The summed E-state index contributed by atoms with van der Waals surface area (Å²) in [6.45, 7) is 2.95. The first-order chi connectivity index (χ1) is 17.2. The standard InChI is InChI=1S/C22H19F3N6O4S/c1-12-16(31-7-9-36-21(31)27-12)19(33)30-6-8-34-11-15(30)10-26-18(32)14-4-2-13(3-5-14)17-28-20(35-29-17)22(23,24)25/h2-5,7,9,15H,6,8,10-11H2,1H3,(H,26,32)/t15-/m0/s1. The van der Waals surface area contributed by atoms with Gasteiger partial charge in [0, 0.05) is 35.8 Å². The molecule has 14 heteroatoms. The average Bonchev–Trinajstić information content (AvgIpc) is 3.59. The van der Waals surface area contributed by atoms with Crippen LogP contribution in [0.4, 0.5) is 13.2 Å². The number of aryl methyl sites for hydroxylation is 1. The van der Waals surface area contributed by atoms with Crippen molar-refractivity contribution in [2.75, 3.05) is 26.3 Å². The maximum Gasteiger partial charge on any atom is 0.471 e. The van der Waals surface area contributed by atoms with Crippen molar-refractivity contribution in [2.24, 2.45) is 0 Å². The molecule has 3 aromatic heterocycles. The van der Waals surface area contributed by atoms with Crippen molar-refractivity contribution in [3.8, 4) is 11.4 Å². The average molecular weight is 520 g/mol. The van der Waals surface area contributed by atoms with Gasteiger partial charge in [-0.15, -0.1) is 11.3 Å². The number of nitrogens with one attached hydrogen (secondary N) is 1. The highest BCUT2D eigenvalue weighted by Gasteiger charge is 2.38. The smallest absolute Gasteiger partial charge is 0.377 e. The minimum absolute atomic E-state index is 0.150. The number of imidazole rings is 1. The van der Waals surface area contributed by atoms with Crippen LogP contribution in [0.5, 0.6) is 0 Å². The van der Waals surface area contributed by atoms with E-state index in [1.54, 1.807) is 22.4 Å². The Bertz CT molecular complexity index is 1410. The molecule has 0 bridgehead atoms. The Morgan fingerprint density at radius 2 is 2.00 bits per heavy atom. The van der Waals surface area contributed by atoms with Crippen molar-refractivity contribution in [2.45, 2.75) is 19.1 Å². The van der Waals surface area contributed by atoms with Crippen LogP contribution < -0.4 is 5.32 Å². The lowest BCUT2D eigenvalue weighted by molar-refractivity contribution is -0.159. The molecule has 188 valence electrons. The minimum Gasteiger partial charge on any atom is -0.377 e. The first kappa shape index (κ1) is 23.9. The van der Waals surface area contributed by atoms with Gasteiger partial charge in [0.05, 0.1) is 24.9 Å². The van der Waals surface area contributed by atoms with Gasteiger partial charge in [-0.05, 0) is 19.1 Å². The zero-order valence-corrected chi connectivity index (χ0v) is 19.6. The Labute approximate surface area is 205 Å². The molecule has 0 radical (unpaired) electrons. The molecule has 10 nitrogen and oxygen atoms in total. The third-order valence-electron chi connectivity index (χ3n) is 5.70. The monoisotopic (exact) mass is 520 g/mol. The molecule has 0 aliphatic carbocycles. The van der Waals surface area contributed by atoms with E-state index in [2.05, 4.69) is 25.0 Å². The lowest BCUT2D eigenvalue weighted by Gasteiger charge is -2.35. The quantitative estimate of drug-likeness (QED) is 0.430. The molecule has 1 N–H and O–H groups in total. The van der Waals surface area contributed by atoms with Gasteiger partial charge in [-0.25, -0.2) is 4.98 Å². The van der Waals surface area contributed by atoms with Crippen LogP contribution in [-0.2, 0) is 10.9 Å². The second-order valence-corrected chi connectivity index (χ2v) is 8.91. The number of alkyl halides is 3. The summed E-state index contributed by atoms with van der Waals surface area (Å²) >= 11 is 1.44. The van der Waals surface area contributed by atoms with Crippen LogP contribution >= 0.6 is 11.3 Å². The maximum atomic E-state index is 13.4. The number of morpholine rings is 1. The second-order valence-electron chi connectivity index (χ2n) is 8.04. The molecule has 1 saturated heterocycles. The van der Waals surface area contributed by atoms with Gasteiger partial charge in [0.2, 0.25) is 5.82 Å². The van der Waals surface area contributed by atoms with Crippen LogP contribution in [0.1, 0.15) is 32.4 Å².